The van der Waals surface area contributed by atoms with Gasteiger partial charge in [0, 0.05) is 154 Å². The molecule has 2 aliphatic carbocycles. The van der Waals surface area contributed by atoms with Crippen molar-refractivity contribution in [2.24, 2.45) is 5.41 Å². The van der Waals surface area contributed by atoms with Crippen LogP contribution in [-0.2, 0) is 46.2 Å². The highest BCUT2D eigenvalue weighted by molar-refractivity contribution is 6.03. The number of anilines is 1. The number of nitrogens with one attached hydrogen (secondary N) is 5. The largest absolute Gasteiger partial charge is 0.473 e. The van der Waals surface area contributed by atoms with Gasteiger partial charge in [0.25, 0.3) is 35.4 Å². The van der Waals surface area contributed by atoms with Gasteiger partial charge >= 0.3 is 0 Å². The van der Waals surface area contributed by atoms with Gasteiger partial charge in [-0.15, -0.1) is 0 Å². The fourth-order valence-corrected chi connectivity index (χ4v) is 13.7. The van der Waals surface area contributed by atoms with E-state index in [0.29, 0.717) is 119 Å². The van der Waals surface area contributed by atoms with E-state index < -0.39 is 0 Å². The smallest absolute Gasteiger partial charge is 0.258 e. The van der Waals surface area contributed by atoms with Crippen molar-refractivity contribution in [2.45, 2.75) is 163 Å². The Morgan fingerprint density at radius 2 is 0.721 bits per heavy atom. The van der Waals surface area contributed by atoms with E-state index in [1.54, 1.807) is 171 Å². The molecule has 1 saturated heterocycles. The lowest BCUT2D eigenvalue weighted by molar-refractivity contribution is 0.0722. The Kier molecular flexibility index (Phi) is 40.4. The summed E-state index contributed by atoms with van der Waals surface area (Å²) in [4.78, 5) is 116. The number of aryl methyl sites for hydroxylation is 1. The normalized spacial score (nSPS) is 12.5. The number of halogens is 3. The molecule has 1 aliphatic heterocycles. The molecule has 11 heterocycles. The SMILES string of the molecule is CC(C)(C)CCNC(=O)c1ccc(OCc2cccnc2)nc1.Cc1ccc(COc2ccc(C(=O)NC3CCC3)cn2)cc1.O=C(NC1CCCCC1)c1ccc(OCc2cccc(F)c2)nc1.O=C(NCc1ccccn1)c1ccc(OCc2cccc(F)c2)nc1.O=C(Nc1ccccn1)c1ccc(OCc2cccnc2)nc1.O=C(c1ccc(OCc2cccc(F)c2)nc1)N1CCCCC1. The minimum absolute atomic E-state index is 0.0221. The number of piperidine rings is 1. The number of carbonyl (C=O) groups excluding carboxylic acids is 6. The lowest BCUT2D eigenvalue weighted by Gasteiger charge is -2.26. The van der Waals surface area contributed by atoms with Crippen molar-refractivity contribution in [2.75, 3.05) is 25.0 Å². The van der Waals surface area contributed by atoms with E-state index >= 15 is 0 Å². The van der Waals surface area contributed by atoms with Crippen molar-refractivity contribution in [3.63, 3.8) is 0 Å². The fraction of sp³-hybridized carbons (Fsp3) is 0.266. The highest BCUT2D eigenvalue weighted by Crippen LogP contribution is 2.25. The number of nitrogens with zero attached hydrogens (tertiary/aromatic N) is 11. The number of aromatic nitrogens is 10. The molecule has 0 atom stereocenters. The van der Waals surface area contributed by atoms with Crippen molar-refractivity contribution in [1.82, 2.24) is 76.0 Å². The Morgan fingerprint density at radius 1 is 0.343 bits per heavy atom. The van der Waals surface area contributed by atoms with Crippen molar-refractivity contribution < 1.29 is 70.4 Å². The van der Waals surface area contributed by atoms with Gasteiger partial charge in [0.15, 0.2) is 0 Å². The Hall–Kier alpha value is -16.2. The van der Waals surface area contributed by atoms with Crippen molar-refractivity contribution in [3.05, 3.63) is 400 Å². The molecule has 722 valence electrons. The molecule has 140 heavy (non-hydrogen) atoms. The molecule has 31 heteroatoms. The molecule has 3 aliphatic rings. The summed E-state index contributed by atoms with van der Waals surface area (Å²) in [7, 11) is 0. The molecule has 10 aromatic heterocycles. The van der Waals surface area contributed by atoms with Gasteiger partial charge in [0.1, 0.15) is 62.9 Å². The second-order valence-electron chi connectivity index (χ2n) is 34.1. The first-order valence-electron chi connectivity index (χ1n) is 46.3. The summed E-state index contributed by atoms with van der Waals surface area (Å²) in [5.41, 5.74) is 10.5. The van der Waals surface area contributed by atoms with E-state index in [1.165, 1.54) is 105 Å². The first-order valence-corrected chi connectivity index (χ1v) is 46.3. The fourth-order valence-electron chi connectivity index (χ4n) is 13.7. The second kappa shape index (κ2) is 55.1. The Morgan fingerprint density at radius 3 is 1.09 bits per heavy atom. The average Bonchev–Trinajstić information content (AvgIpc) is 0.752. The maximum atomic E-state index is 13.1. The van der Waals surface area contributed by atoms with E-state index in [-0.39, 0.29) is 84.2 Å². The van der Waals surface area contributed by atoms with Gasteiger partial charge in [-0.3, -0.25) is 43.7 Å². The summed E-state index contributed by atoms with van der Waals surface area (Å²) in [5, 5.41) is 14.4. The van der Waals surface area contributed by atoms with E-state index in [2.05, 4.69) is 116 Å². The van der Waals surface area contributed by atoms with Crippen LogP contribution in [-0.4, -0.2) is 122 Å². The number of hydrogen-bond donors (Lipinski definition) is 5. The average molecular weight is 1900 g/mol. The third-order valence-electron chi connectivity index (χ3n) is 21.8. The highest BCUT2D eigenvalue weighted by atomic mass is 19.1. The van der Waals surface area contributed by atoms with Crippen molar-refractivity contribution in [1.29, 1.82) is 0 Å². The van der Waals surface area contributed by atoms with Gasteiger partial charge in [0.05, 0.1) is 45.6 Å². The number of amides is 6. The quantitative estimate of drug-likeness (QED) is 0.0269. The molecule has 14 aromatic rings. The monoisotopic (exact) mass is 1890 g/mol. The van der Waals surface area contributed by atoms with Gasteiger partial charge in [-0.2, -0.15) is 0 Å². The molecule has 0 spiro atoms. The summed E-state index contributed by atoms with van der Waals surface area (Å²) >= 11 is 0. The number of ether oxygens (including phenoxy) is 6. The summed E-state index contributed by atoms with van der Waals surface area (Å²) in [6, 6.07) is 66.1. The van der Waals surface area contributed by atoms with Gasteiger partial charge in [0.2, 0.25) is 35.3 Å². The Balaban J connectivity index is 0.000000150. The third kappa shape index (κ3) is 36.8. The molecule has 3 fully saturated rings. The summed E-state index contributed by atoms with van der Waals surface area (Å²) in [6.45, 7) is 13.1. The zero-order valence-corrected chi connectivity index (χ0v) is 78.5. The van der Waals surface area contributed by atoms with Crippen LogP contribution in [0.15, 0.2) is 305 Å². The number of hydrogen-bond acceptors (Lipinski definition) is 22. The van der Waals surface area contributed by atoms with Crippen LogP contribution < -0.4 is 55.0 Å². The van der Waals surface area contributed by atoms with E-state index in [4.69, 9.17) is 28.4 Å². The molecule has 0 unspecified atom stereocenters. The van der Waals surface area contributed by atoms with Crippen LogP contribution >= 0.6 is 0 Å². The highest BCUT2D eigenvalue weighted by Gasteiger charge is 2.23. The minimum Gasteiger partial charge on any atom is -0.473 e. The number of rotatable bonds is 31. The molecule has 17 rings (SSSR count). The van der Waals surface area contributed by atoms with E-state index in [1.807, 2.05) is 59.5 Å². The maximum Gasteiger partial charge on any atom is 0.258 e. The molecule has 6 amide bonds. The molecule has 4 aromatic carbocycles. The summed E-state index contributed by atoms with van der Waals surface area (Å²) < 4.78 is 72.6. The Bertz CT molecular complexity index is 6150. The third-order valence-corrected chi connectivity index (χ3v) is 21.8. The standard InChI is InChI=1S/C19H16FN3O2.C19H21FN2O2.C18H19FN2O2.C18H23N3O2.C18H20N2O2.C17H14N4O2/c20-16-5-3-4-14(10-16)13-25-18-8-7-15(11-22-18)19(24)23-12-17-6-1-2-9-21-17;20-16-6-4-5-14(11-16)13-24-18-10-9-15(12-21-18)19(23)22-17-7-2-1-3-8-17;19-16-6-4-5-14(11-16)13-23-17-8-7-15(12-20-17)18(22)21-9-2-1-3-10-21;1-18(2,3)8-10-20-17(22)15-6-7-16(21-12-15)23-13-14-5-4-9-19-11-14;1-13-5-7-14(8-6-13)12-22-17-10-9-15(11-19-17)18(21)20-16-3-2-4-16;22-17(21-15-5-1-2-9-19-15)14-6-7-16(20-11-14)23-12-13-4-3-8-18-10-13/h1-11H,12-13H2,(H,23,24);4-6,9-12,17H,1-3,7-8,13H2,(H,22,23);4-8,11-12H,1-3,9-10,13H2;4-7,9,11-12H,8,10,13H2,1-3H3,(H,20,22);5-11,16H,2-4,12H2,1H3,(H,20,21);1-11H,12H2,(H,19,21,22). The van der Waals surface area contributed by atoms with Crippen LogP contribution in [0.4, 0.5) is 19.0 Å². The van der Waals surface area contributed by atoms with Gasteiger partial charge < -0.3 is 59.9 Å². The van der Waals surface area contributed by atoms with Gasteiger partial charge in [-0.25, -0.2) is 48.1 Å². The van der Waals surface area contributed by atoms with Crippen LogP contribution in [0.5, 0.6) is 35.3 Å². The molecule has 0 bridgehead atoms. The number of carbonyl (C=O) groups is 6. The van der Waals surface area contributed by atoms with E-state index in [9.17, 15) is 41.9 Å². The topological polar surface area (TPSA) is 350 Å². The summed E-state index contributed by atoms with van der Waals surface area (Å²) in [6.07, 6.45) is 32.6. The van der Waals surface area contributed by atoms with Crippen molar-refractivity contribution in [3.8, 4) is 35.3 Å². The minimum atomic E-state index is -0.311. The van der Waals surface area contributed by atoms with Gasteiger partial charge in [-0.05, 0) is 202 Å². The number of benzene rings is 4. The second-order valence-corrected chi connectivity index (χ2v) is 34.1. The molecule has 0 radical (unpaired) electrons. The summed E-state index contributed by atoms with van der Waals surface area (Å²) in [5.74, 6) is 1.52. The van der Waals surface area contributed by atoms with Crippen LogP contribution in [0.3, 0.4) is 0 Å². The lowest BCUT2D eigenvalue weighted by atomic mass is 9.92. The predicted octanol–water partition coefficient (Wildman–Crippen LogP) is 19.6. The zero-order valence-electron chi connectivity index (χ0n) is 78.5. The number of pyridine rings is 10. The van der Waals surface area contributed by atoms with Crippen LogP contribution in [0.25, 0.3) is 0 Å². The maximum absolute atomic E-state index is 13.1. The van der Waals surface area contributed by atoms with E-state index in [0.717, 1.165) is 91.5 Å². The molecular formula is C109H113F3N16O12. The van der Waals surface area contributed by atoms with Crippen LogP contribution in [0.2, 0.25) is 0 Å². The van der Waals surface area contributed by atoms with Crippen molar-refractivity contribution >= 4 is 41.3 Å². The molecular weight excluding hydrogens is 1780 g/mol. The zero-order chi connectivity index (χ0) is 98.3. The predicted molar refractivity (Wildman–Crippen MR) is 523 cm³/mol. The molecule has 2 saturated carbocycles. The molecule has 28 nitrogen and oxygen atoms in total. The first kappa shape index (κ1) is 103. The number of likely N-dealkylation sites (tertiary alicyclic amines) is 1. The lowest BCUT2D eigenvalue weighted by Crippen LogP contribution is -2.39. The molecule has 5 N–H and O–H groups in total. The first-order chi connectivity index (χ1) is 68.1. The van der Waals surface area contributed by atoms with Crippen LogP contribution in [0, 0.1) is 29.8 Å². The van der Waals surface area contributed by atoms with Gasteiger partial charge in [-0.1, -0.05) is 131 Å². The van der Waals surface area contributed by atoms with Crippen LogP contribution in [0.1, 0.15) is 205 Å². The Labute approximate surface area is 812 Å².